The summed E-state index contributed by atoms with van der Waals surface area (Å²) < 4.78 is 31.3. The van der Waals surface area contributed by atoms with Crippen LogP contribution in [0.1, 0.15) is 26.3 Å². The van der Waals surface area contributed by atoms with Crippen molar-refractivity contribution in [3.8, 4) is 0 Å². The molecular weight excluding hydrogens is 288 g/mol. The van der Waals surface area contributed by atoms with Crippen molar-refractivity contribution in [3.63, 3.8) is 0 Å². The van der Waals surface area contributed by atoms with E-state index in [0.717, 1.165) is 12.1 Å². The van der Waals surface area contributed by atoms with Crippen LogP contribution in [0.5, 0.6) is 0 Å². The Hall–Kier alpha value is -0.950. The molecular formula is C15H26N2O3S. The zero-order valence-corrected chi connectivity index (χ0v) is 14.3. The molecule has 1 atom stereocenters. The van der Waals surface area contributed by atoms with Crippen LogP contribution in [0.4, 0.5) is 0 Å². The molecule has 0 heterocycles. The van der Waals surface area contributed by atoms with Crippen molar-refractivity contribution >= 4 is 10.0 Å². The van der Waals surface area contributed by atoms with Crippen LogP contribution in [0.3, 0.4) is 0 Å². The number of rotatable bonds is 8. The van der Waals surface area contributed by atoms with Crippen LogP contribution >= 0.6 is 0 Å². The van der Waals surface area contributed by atoms with Crippen LogP contribution in [-0.2, 0) is 21.3 Å². The highest BCUT2D eigenvalue weighted by atomic mass is 32.2. The molecule has 1 rings (SSSR count). The van der Waals surface area contributed by atoms with Crippen LogP contribution < -0.4 is 5.32 Å². The van der Waals surface area contributed by atoms with Gasteiger partial charge in [-0.2, -0.15) is 4.31 Å². The zero-order valence-electron chi connectivity index (χ0n) is 13.5. The van der Waals surface area contributed by atoms with E-state index < -0.39 is 10.0 Å². The molecule has 1 unspecified atom stereocenters. The molecule has 0 amide bonds. The number of sulfonamides is 1. The summed E-state index contributed by atoms with van der Waals surface area (Å²) in [4.78, 5) is 0.307. The number of nitrogens with zero attached hydrogens (tertiary/aromatic N) is 1. The lowest BCUT2D eigenvalue weighted by molar-refractivity contribution is 0.149. The van der Waals surface area contributed by atoms with Crippen molar-refractivity contribution < 1.29 is 13.2 Å². The normalized spacial score (nSPS) is 13.9. The van der Waals surface area contributed by atoms with Crippen molar-refractivity contribution in [3.05, 3.63) is 29.8 Å². The summed E-state index contributed by atoms with van der Waals surface area (Å²) in [6.07, 6.45) is 0. The molecule has 0 bridgehead atoms. The van der Waals surface area contributed by atoms with E-state index in [1.807, 2.05) is 19.1 Å². The second-order valence-electron chi connectivity index (χ2n) is 5.51. The number of benzene rings is 1. The number of methoxy groups -OCH3 is 1. The van der Waals surface area contributed by atoms with Gasteiger partial charge < -0.3 is 10.1 Å². The summed E-state index contributed by atoms with van der Waals surface area (Å²) in [6, 6.07) is 7.19. The lowest BCUT2D eigenvalue weighted by atomic mass is 10.2. The van der Waals surface area contributed by atoms with Crippen molar-refractivity contribution in [2.24, 2.45) is 0 Å². The van der Waals surface area contributed by atoms with E-state index in [1.165, 1.54) is 4.31 Å². The van der Waals surface area contributed by atoms with Crippen LogP contribution in [0.15, 0.2) is 29.2 Å². The maximum atomic E-state index is 12.5. The van der Waals surface area contributed by atoms with Crippen molar-refractivity contribution in [2.75, 3.05) is 20.8 Å². The third kappa shape index (κ3) is 5.07. The molecule has 5 nitrogen and oxygen atoms in total. The highest BCUT2D eigenvalue weighted by Crippen LogP contribution is 2.17. The van der Waals surface area contributed by atoms with E-state index in [9.17, 15) is 8.42 Å². The fourth-order valence-corrected chi connectivity index (χ4v) is 3.20. The summed E-state index contributed by atoms with van der Waals surface area (Å²) in [7, 11) is -0.336. The molecule has 0 radical (unpaired) electrons. The van der Waals surface area contributed by atoms with Gasteiger partial charge in [0, 0.05) is 32.8 Å². The molecule has 120 valence electrons. The minimum atomic E-state index is -3.48. The minimum Gasteiger partial charge on any atom is -0.383 e. The van der Waals surface area contributed by atoms with Gasteiger partial charge in [0.15, 0.2) is 0 Å². The standard InChI is InChI=1S/C15H26N2O3S/c1-12(2)16-10-14-6-8-15(9-7-14)21(18,19)17(4)13(3)11-20-5/h6-9,12-13,16H,10-11H2,1-5H3. The number of likely N-dealkylation sites (N-methyl/N-ethyl adjacent to an activating group) is 1. The third-order valence-electron chi connectivity index (χ3n) is 3.34. The zero-order chi connectivity index (χ0) is 16.0. The largest absolute Gasteiger partial charge is 0.383 e. The number of ether oxygens (including phenoxy) is 1. The summed E-state index contributed by atoms with van der Waals surface area (Å²) in [5, 5.41) is 3.30. The van der Waals surface area contributed by atoms with E-state index in [4.69, 9.17) is 4.74 Å². The number of hydrogen-bond donors (Lipinski definition) is 1. The lowest BCUT2D eigenvalue weighted by Gasteiger charge is -2.23. The van der Waals surface area contributed by atoms with Gasteiger partial charge in [-0.25, -0.2) is 8.42 Å². The molecule has 0 aromatic heterocycles. The second kappa shape index (κ2) is 7.89. The predicted octanol–water partition coefficient (Wildman–Crippen LogP) is 1.84. The van der Waals surface area contributed by atoms with Gasteiger partial charge in [-0.05, 0) is 24.6 Å². The van der Waals surface area contributed by atoms with Gasteiger partial charge in [-0.3, -0.25) is 0 Å². The van der Waals surface area contributed by atoms with Gasteiger partial charge in [-0.1, -0.05) is 26.0 Å². The van der Waals surface area contributed by atoms with E-state index in [2.05, 4.69) is 19.2 Å². The van der Waals surface area contributed by atoms with Crippen LogP contribution in [-0.4, -0.2) is 45.6 Å². The third-order valence-corrected chi connectivity index (χ3v) is 5.33. The van der Waals surface area contributed by atoms with Crippen molar-refractivity contribution in [1.82, 2.24) is 9.62 Å². The Bertz CT molecular complexity index is 526. The lowest BCUT2D eigenvalue weighted by Crippen LogP contribution is -2.37. The first-order valence-corrected chi connectivity index (χ1v) is 8.52. The molecule has 6 heteroatoms. The first-order chi connectivity index (χ1) is 9.78. The molecule has 0 fully saturated rings. The van der Waals surface area contributed by atoms with Crippen molar-refractivity contribution in [1.29, 1.82) is 0 Å². The Balaban J connectivity index is 2.84. The Kier molecular flexibility index (Phi) is 6.80. The molecule has 1 N–H and O–H groups in total. The van der Waals surface area contributed by atoms with Gasteiger partial charge in [0.25, 0.3) is 0 Å². The molecule has 1 aromatic rings. The molecule has 0 aliphatic heterocycles. The molecule has 0 spiro atoms. The highest BCUT2D eigenvalue weighted by molar-refractivity contribution is 7.89. The van der Waals surface area contributed by atoms with Crippen LogP contribution in [0.25, 0.3) is 0 Å². The molecule has 1 aromatic carbocycles. The number of hydrogen-bond acceptors (Lipinski definition) is 4. The van der Waals surface area contributed by atoms with Crippen LogP contribution in [0, 0.1) is 0 Å². The van der Waals surface area contributed by atoms with Gasteiger partial charge in [-0.15, -0.1) is 0 Å². The van der Waals surface area contributed by atoms with Gasteiger partial charge >= 0.3 is 0 Å². The molecule has 0 aliphatic rings. The Morgan fingerprint density at radius 3 is 2.24 bits per heavy atom. The molecule has 21 heavy (non-hydrogen) atoms. The Morgan fingerprint density at radius 2 is 1.76 bits per heavy atom. The quantitative estimate of drug-likeness (QED) is 0.795. The highest BCUT2D eigenvalue weighted by Gasteiger charge is 2.25. The Morgan fingerprint density at radius 1 is 1.19 bits per heavy atom. The molecule has 0 saturated carbocycles. The maximum absolute atomic E-state index is 12.5. The molecule has 0 saturated heterocycles. The van der Waals surface area contributed by atoms with E-state index in [1.54, 1.807) is 26.3 Å². The van der Waals surface area contributed by atoms with Crippen molar-refractivity contribution in [2.45, 2.75) is 44.3 Å². The SMILES string of the molecule is COCC(C)N(C)S(=O)(=O)c1ccc(CNC(C)C)cc1. The summed E-state index contributed by atoms with van der Waals surface area (Å²) in [5.74, 6) is 0. The van der Waals surface area contributed by atoms with E-state index in [0.29, 0.717) is 17.5 Å². The monoisotopic (exact) mass is 314 g/mol. The van der Waals surface area contributed by atoms with Crippen LogP contribution in [0.2, 0.25) is 0 Å². The summed E-state index contributed by atoms with van der Waals surface area (Å²) in [5.41, 5.74) is 1.07. The fourth-order valence-electron chi connectivity index (χ4n) is 1.85. The topological polar surface area (TPSA) is 58.6 Å². The average molecular weight is 314 g/mol. The van der Waals surface area contributed by atoms with Gasteiger partial charge in [0.1, 0.15) is 0 Å². The second-order valence-corrected chi connectivity index (χ2v) is 7.50. The predicted molar refractivity (Wildman–Crippen MR) is 84.7 cm³/mol. The average Bonchev–Trinajstić information content (AvgIpc) is 2.45. The first kappa shape index (κ1) is 18.1. The number of nitrogens with one attached hydrogen (secondary N) is 1. The first-order valence-electron chi connectivity index (χ1n) is 7.08. The molecule has 0 aliphatic carbocycles. The summed E-state index contributed by atoms with van der Waals surface area (Å²) in [6.45, 7) is 7.07. The minimum absolute atomic E-state index is 0.206. The van der Waals surface area contributed by atoms with E-state index in [-0.39, 0.29) is 6.04 Å². The smallest absolute Gasteiger partial charge is 0.243 e. The Labute approximate surface area is 128 Å². The van der Waals surface area contributed by atoms with E-state index >= 15 is 0 Å². The summed E-state index contributed by atoms with van der Waals surface area (Å²) >= 11 is 0. The maximum Gasteiger partial charge on any atom is 0.243 e. The van der Waals surface area contributed by atoms with Gasteiger partial charge in [0.05, 0.1) is 11.5 Å². The fraction of sp³-hybridized carbons (Fsp3) is 0.600. The van der Waals surface area contributed by atoms with Gasteiger partial charge in [0.2, 0.25) is 10.0 Å².